The quantitative estimate of drug-likeness (QED) is 0.838. The highest BCUT2D eigenvalue weighted by atomic mass is 16.2. The van der Waals surface area contributed by atoms with E-state index in [1.807, 2.05) is 30.0 Å². The summed E-state index contributed by atoms with van der Waals surface area (Å²) in [6, 6.07) is 18.7. The molecule has 4 heteroatoms. The van der Waals surface area contributed by atoms with Crippen LogP contribution in [0, 0.1) is 6.92 Å². The molecule has 4 nitrogen and oxygen atoms in total. The lowest BCUT2D eigenvalue weighted by molar-refractivity contribution is -0.119. The fraction of sp³-hybridized carbons (Fsp3) is 0.381. The lowest BCUT2D eigenvalue weighted by Gasteiger charge is -2.36. The van der Waals surface area contributed by atoms with Gasteiger partial charge >= 0.3 is 0 Å². The molecule has 0 aliphatic carbocycles. The SMILES string of the molecule is CCN(C(=O)CN1CCN(c2ccccc2)CC1)c1cccc(C)c1. The highest BCUT2D eigenvalue weighted by molar-refractivity contribution is 5.94. The summed E-state index contributed by atoms with van der Waals surface area (Å²) in [6.07, 6.45) is 0. The third-order valence-electron chi connectivity index (χ3n) is 4.78. The fourth-order valence-electron chi connectivity index (χ4n) is 3.38. The molecule has 0 atom stereocenters. The Bertz CT molecular complexity index is 693. The highest BCUT2D eigenvalue weighted by Crippen LogP contribution is 2.18. The summed E-state index contributed by atoms with van der Waals surface area (Å²) in [5.74, 6) is 0.182. The maximum absolute atomic E-state index is 12.8. The van der Waals surface area contributed by atoms with Crippen molar-refractivity contribution in [2.75, 3.05) is 49.1 Å². The summed E-state index contributed by atoms with van der Waals surface area (Å²) in [5, 5.41) is 0. The van der Waals surface area contributed by atoms with Crippen molar-refractivity contribution < 1.29 is 4.79 Å². The molecule has 1 saturated heterocycles. The van der Waals surface area contributed by atoms with Crippen molar-refractivity contribution in [2.45, 2.75) is 13.8 Å². The topological polar surface area (TPSA) is 26.8 Å². The molecule has 132 valence electrons. The van der Waals surface area contributed by atoms with Crippen LogP contribution in [0.5, 0.6) is 0 Å². The lowest BCUT2D eigenvalue weighted by Crippen LogP contribution is -2.50. The minimum atomic E-state index is 0.182. The summed E-state index contributed by atoms with van der Waals surface area (Å²) in [6.45, 7) is 9.06. The molecule has 2 aromatic rings. The van der Waals surface area contributed by atoms with E-state index >= 15 is 0 Å². The number of benzene rings is 2. The van der Waals surface area contributed by atoms with Crippen molar-refractivity contribution in [3.63, 3.8) is 0 Å². The van der Waals surface area contributed by atoms with Crippen LogP contribution in [0.15, 0.2) is 54.6 Å². The van der Waals surface area contributed by atoms with Crippen LogP contribution >= 0.6 is 0 Å². The van der Waals surface area contributed by atoms with E-state index in [0.29, 0.717) is 13.1 Å². The third kappa shape index (κ3) is 4.40. The summed E-state index contributed by atoms with van der Waals surface area (Å²) in [5.41, 5.74) is 3.44. The monoisotopic (exact) mass is 337 g/mol. The van der Waals surface area contributed by atoms with Crippen LogP contribution in [0.1, 0.15) is 12.5 Å². The van der Waals surface area contributed by atoms with E-state index in [4.69, 9.17) is 0 Å². The van der Waals surface area contributed by atoms with Gasteiger partial charge in [0.15, 0.2) is 0 Å². The van der Waals surface area contributed by atoms with E-state index in [-0.39, 0.29) is 5.91 Å². The number of carbonyl (C=O) groups excluding carboxylic acids is 1. The number of hydrogen-bond donors (Lipinski definition) is 0. The molecule has 1 heterocycles. The van der Waals surface area contributed by atoms with Gasteiger partial charge in [-0.05, 0) is 43.7 Å². The molecule has 1 amide bonds. The van der Waals surface area contributed by atoms with Gasteiger partial charge in [-0.1, -0.05) is 30.3 Å². The molecule has 0 saturated carbocycles. The largest absolute Gasteiger partial charge is 0.369 e. The Kier molecular flexibility index (Phi) is 5.71. The molecule has 3 rings (SSSR count). The molecular formula is C21H27N3O. The molecule has 0 radical (unpaired) electrons. The van der Waals surface area contributed by atoms with Crippen molar-refractivity contribution in [1.29, 1.82) is 0 Å². The molecule has 2 aromatic carbocycles. The van der Waals surface area contributed by atoms with Crippen molar-refractivity contribution in [1.82, 2.24) is 4.90 Å². The second kappa shape index (κ2) is 8.17. The van der Waals surface area contributed by atoms with Crippen LogP contribution in [0.25, 0.3) is 0 Å². The summed E-state index contributed by atoms with van der Waals surface area (Å²) in [4.78, 5) is 19.3. The molecular weight excluding hydrogens is 310 g/mol. The van der Waals surface area contributed by atoms with Gasteiger partial charge in [0.05, 0.1) is 6.54 Å². The average Bonchev–Trinajstić information content (AvgIpc) is 2.64. The van der Waals surface area contributed by atoms with Crippen molar-refractivity contribution in [3.05, 3.63) is 60.2 Å². The average molecular weight is 337 g/mol. The Morgan fingerprint density at radius 1 is 1.00 bits per heavy atom. The summed E-state index contributed by atoms with van der Waals surface area (Å²) < 4.78 is 0. The number of likely N-dealkylation sites (N-methyl/N-ethyl adjacent to an activating group) is 1. The number of para-hydroxylation sites is 1. The van der Waals surface area contributed by atoms with E-state index in [2.05, 4.69) is 53.1 Å². The predicted octanol–water partition coefficient (Wildman–Crippen LogP) is 3.17. The first-order valence-electron chi connectivity index (χ1n) is 9.07. The molecule has 0 aromatic heterocycles. The number of aryl methyl sites for hydroxylation is 1. The van der Waals surface area contributed by atoms with Crippen LogP contribution in [-0.2, 0) is 4.79 Å². The maximum Gasteiger partial charge on any atom is 0.241 e. The molecule has 0 spiro atoms. The third-order valence-corrected chi connectivity index (χ3v) is 4.78. The minimum Gasteiger partial charge on any atom is -0.369 e. The van der Waals surface area contributed by atoms with Crippen LogP contribution in [-0.4, -0.2) is 50.1 Å². The molecule has 25 heavy (non-hydrogen) atoms. The normalized spacial score (nSPS) is 15.2. The van der Waals surface area contributed by atoms with Crippen molar-refractivity contribution in [3.8, 4) is 0 Å². The number of piperazine rings is 1. The highest BCUT2D eigenvalue weighted by Gasteiger charge is 2.22. The van der Waals surface area contributed by atoms with Gasteiger partial charge < -0.3 is 9.80 Å². The lowest BCUT2D eigenvalue weighted by atomic mass is 10.2. The van der Waals surface area contributed by atoms with Gasteiger partial charge in [-0.25, -0.2) is 0 Å². The Balaban J connectivity index is 1.56. The Morgan fingerprint density at radius 3 is 2.36 bits per heavy atom. The number of rotatable bonds is 5. The maximum atomic E-state index is 12.8. The van der Waals surface area contributed by atoms with Crippen LogP contribution in [0.2, 0.25) is 0 Å². The van der Waals surface area contributed by atoms with Gasteiger partial charge in [-0.15, -0.1) is 0 Å². The Labute approximate surface area is 150 Å². The van der Waals surface area contributed by atoms with Gasteiger partial charge in [0.25, 0.3) is 0 Å². The van der Waals surface area contributed by atoms with E-state index in [1.165, 1.54) is 11.3 Å². The zero-order chi connectivity index (χ0) is 17.6. The minimum absolute atomic E-state index is 0.182. The standard InChI is InChI=1S/C21H27N3O/c1-3-24(20-11-7-8-18(2)16-20)21(25)17-22-12-14-23(15-13-22)19-9-5-4-6-10-19/h4-11,16H,3,12-15,17H2,1-2H3. The number of anilines is 2. The van der Waals surface area contributed by atoms with Gasteiger partial charge in [-0.3, -0.25) is 9.69 Å². The van der Waals surface area contributed by atoms with E-state index in [0.717, 1.165) is 31.9 Å². The predicted molar refractivity (Wildman–Crippen MR) is 104 cm³/mol. The summed E-state index contributed by atoms with van der Waals surface area (Å²) in [7, 11) is 0. The van der Waals surface area contributed by atoms with Crippen molar-refractivity contribution >= 4 is 17.3 Å². The van der Waals surface area contributed by atoms with Crippen LogP contribution in [0.4, 0.5) is 11.4 Å². The Hall–Kier alpha value is -2.33. The van der Waals surface area contributed by atoms with Gasteiger partial charge in [0.2, 0.25) is 5.91 Å². The number of carbonyl (C=O) groups is 1. The van der Waals surface area contributed by atoms with Crippen molar-refractivity contribution in [2.24, 2.45) is 0 Å². The fourth-order valence-corrected chi connectivity index (χ4v) is 3.38. The number of nitrogens with zero attached hydrogens (tertiary/aromatic N) is 3. The molecule has 0 N–H and O–H groups in total. The first-order chi connectivity index (χ1) is 12.2. The molecule has 1 fully saturated rings. The number of hydrogen-bond acceptors (Lipinski definition) is 3. The second-order valence-corrected chi connectivity index (χ2v) is 6.58. The molecule has 1 aliphatic rings. The molecule has 0 bridgehead atoms. The van der Waals surface area contributed by atoms with Gasteiger partial charge in [0, 0.05) is 44.1 Å². The van der Waals surface area contributed by atoms with E-state index in [1.54, 1.807) is 0 Å². The Morgan fingerprint density at radius 2 is 1.72 bits per heavy atom. The van der Waals surface area contributed by atoms with Crippen LogP contribution < -0.4 is 9.80 Å². The second-order valence-electron chi connectivity index (χ2n) is 6.58. The van der Waals surface area contributed by atoms with E-state index in [9.17, 15) is 4.79 Å². The van der Waals surface area contributed by atoms with E-state index < -0.39 is 0 Å². The zero-order valence-corrected chi connectivity index (χ0v) is 15.2. The van der Waals surface area contributed by atoms with Gasteiger partial charge in [-0.2, -0.15) is 0 Å². The smallest absolute Gasteiger partial charge is 0.241 e. The zero-order valence-electron chi connectivity index (χ0n) is 15.2. The molecule has 1 aliphatic heterocycles. The van der Waals surface area contributed by atoms with Gasteiger partial charge in [0.1, 0.15) is 0 Å². The first kappa shape index (κ1) is 17.5. The molecule has 0 unspecified atom stereocenters. The summed E-state index contributed by atoms with van der Waals surface area (Å²) >= 11 is 0. The first-order valence-corrected chi connectivity index (χ1v) is 9.07. The van der Waals surface area contributed by atoms with Crippen LogP contribution in [0.3, 0.4) is 0 Å². The number of amides is 1.